The van der Waals surface area contributed by atoms with E-state index < -0.39 is 0 Å². The number of hydrogen-bond acceptors (Lipinski definition) is 5. The van der Waals surface area contributed by atoms with Crippen LogP contribution in [0.5, 0.6) is 0 Å². The molecular formula is C9H12ClN5O. The fourth-order valence-corrected chi connectivity index (χ4v) is 1.39. The highest BCUT2D eigenvalue weighted by molar-refractivity contribution is 6.20. The van der Waals surface area contributed by atoms with Gasteiger partial charge in [-0.3, -0.25) is 0 Å². The summed E-state index contributed by atoms with van der Waals surface area (Å²) in [6.07, 6.45) is 2.62. The Morgan fingerprint density at radius 1 is 1.56 bits per heavy atom. The predicted molar refractivity (Wildman–Crippen MR) is 57.0 cm³/mol. The van der Waals surface area contributed by atoms with Gasteiger partial charge in [-0.1, -0.05) is 17.3 Å². The molecule has 0 fully saturated rings. The molecule has 16 heavy (non-hydrogen) atoms. The maximum Gasteiger partial charge on any atom is 0.223 e. The van der Waals surface area contributed by atoms with Crippen LogP contribution in [0.25, 0.3) is 0 Å². The van der Waals surface area contributed by atoms with Crippen LogP contribution in [0, 0.1) is 6.92 Å². The lowest BCUT2D eigenvalue weighted by molar-refractivity contribution is 0.385. The Kier molecular flexibility index (Phi) is 3.19. The molecule has 6 nitrogen and oxygen atoms in total. The zero-order valence-corrected chi connectivity index (χ0v) is 9.85. The van der Waals surface area contributed by atoms with Gasteiger partial charge < -0.3 is 4.52 Å². The van der Waals surface area contributed by atoms with Crippen molar-refractivity contribution in [3.05, 3.63) is 23.6 Å². The highest BCUT2D eigenvalue weighted by Gasteiger charge is 2.11. The Bertz CT molecular complexity index is 466. The quantitative estimate of drug-likeness (QED) is 0.762. The molecule has 0 radical (unpaired) electrons. The minimum absolute atomic E-state index is 0.0965. The molecule has 0 aliphatic carbocycles. The molecular weight excluding hydrogens is 230 g/mol. The summed E-state index contributed by atoms with van der Waals surface area (Å²) in [5.41, 5.74) is 0.768. The first-order chi connectivity index (χ1) is 7.69. The van der Waals surface area contributed by atoms with E-state index in [-0.39, 0.29) is 5.38 Å². The molecule has 86 valence electrons. The predicted octanol–water partition coefficient (Wildman–Crippen LogP) is 1.71. The molecule has 0 saturated heterocycles. The molecule has 0 amide bonds. The van der Waals surface area contributed by atoms with E-state index in [1.807, 2.05) is 6.92 Å². The van der Waals surface area contributed by atoms with Crippen LogP contribution in [0.3, 0.4) is 0 Å². The van der Waals surface area contributed by atoms with Crippen LogP contribution in [-0.2, 0) is 6.54 Å². The van der Waals surface area contributed by atoms with Crippen LogP contribution < -0.4 is 0 Å². The van der Waals surface area contributed by atoms with Crippen molar-refractivity contribution in [1.82, 2.24) is 25.1 Å². The average Bonchev–Trinajstić information content (AvgIpc) is 2.87. The number of halogens is 1. The van der Waals surface area contributed by atoms with Gasteiger partial charge in [-0.25, -0.2) is 4.68 Å². The van der Waals surface area contributed by atoms with Gasteiger partial charge >= 0.3 is 0 Å². The van der Waals surface area contributed by atoms with E-state index in [0.717, 1.165) is 12.1 Å². The van der Waals surface area contributed by atoms with Gasteiger partial charge in [0.15, 0.2) is 5.82 Å². The first-order valence-corrected chi connectivity index (χ1v) is 5.46. The van der Waals surface area contributed by atoms with Crippen molar-refractivity contribution in [3.8, 4) is 0 Å². The average molecular weight is 242 g/mol. The van der Waals surface area contributed by atoms with E-state index >= 15 is 0 Å². The summed E-state index contributed by atoms with van der Waals surface area (Å²) < 4.78 is 6.51. The summed E-state index contributed by atoms with van der Waals surface area (Å²) in [7, 11) is 0. The van der Waals surface area contributed by atoms with Gasteiger partial charge in [0, 0.05) is 6.92 Å². The van der Waals surface area contributed by atoms with Crippen molar-refractivity contribution in [2.45, 2.75) is 32.2 Å². The van der Waals surface area contributed by atoms with Gasteiger partial charge in [0.05, 0.1) is 11.6 Å². The van der Waals surface area contributed by atoms with E-state index in [1.165, 1.54) is 0 Å². The minimum Gasteiger partial charge on any atom is -0.340 e. The largest absolute Gasteiger partial charge is 0.340 e. The van der Waals surface area contributed by atoms with E-state index in [0.29, 0.717) is 18.3 Å². The maximum atomic E-state index is 6.05. The SMILES string of the molecule is CCC(Cl)c1cn(Cc2noc(C)n2)nn1. The molecule has 0 spiro atoms. The van der Waals surface area contributed by atoms with Crippen molar-refractivity contribution in [2.24, 2.45) is 0 Å². The summed E-state index contributed by atoms with van der Waals surface area (Å²) in [6, 6.07) is 0. The molecule has 0 bridgehead atoms. The van der Waals surface area contributed by atoms with Gasteiger partial charge in [-0.2, -0.15) is 4.98 Å². The normalized spacial score (nSPS) is 12.9. The van der Waals surface area contributed by atoms with Crippen molar-refractivity contribution >= 4 is 11.6 Å². The van der Waals surface area contributed by atoms with Gasteiger partial charge in [-0.05, 0) is 6.42 Å². The third-order valence-corrected chi connectivity index (χ3v) is 2.64. The van der Waals surface area contributed by atoms with Crippen LogP contribution in [0.1, 0.15) is 36.1 Å². The molecule has 0 aliphatic heterocycles. The molecule has 0 aromatic carbocycles. The molecule has 1 atom stereocenters. The fourth-order valence-electron chi connectivity index (χ4n) is 1.29. The summed E-state index contributed by atoms with van der Waals surface area (Å²) in [4.78, 5) is 4.08. The number of aryl methyl sites for hydroxylation is 1. The Morgan fingerprint density at radius 2 is 2.38 bits per heavy atom. The van der Waals surface area contributed by atoms with Gasteiger partial charge in [0.2, 0.25) is 5.89 Å². The van der Waals surface area contributed by atoms with Gasteiger partial charge in [0.25, 0.3) is 0 Å². The van der Waals surface area contributed by atoms with Gasteiger partial charge in [-0.15, -0.1) is 16.7 Å². The third-order valence-electron chi connectivity index (χ3n) is 2.11. The Balaban J connectivity index is 2.08. The van der Waals surface area contributed by atoms with Crippen LogP contribution in [0.4, 0.5) is 0 Å². The smallest absolute Gasteiger partial charge is 0.223 e. The summed E-state index contributed by atoms with van der Waals surface area (Å²) in [5, 5.41) is 11.6. The molecule has 2 aromatic rings. The molecule has 2 heterocycles. The third kappa shape index (κ3) is 2.38. The molecule has 0 saturated carbocycles. The minimum atomic E-state index is -0.0965. The second-order valence-electron chi connectivity index (χ2n) is 3.45. The summed E-state index contributed by atoms with van der Waals surface area (Å²) in [5.74, 6) is 1.12. The molecule has 1 unspecified atom stereocenters. The van der Waals surface area contributed by atoms with Crippen molar-refractivity contribution in [2.75, 3.05) is 0 Å². The summed E-state index contributed by atoms with van der Waals surface area (Å²) in [6.45, 7) is 4.19. The van der Waals surface area contributed by atoms with Crippen LogP contribution in [0.15, 0.2) is 10.7 Å². The standard InChI is InChI=1S/C9H12ClN5O/c1-3-7(10)8-4-15(14-12-8)5-9-11-6(2)16-13-9/h4,7H,3,5H2,1-2H3. The van der Waals surface area contributed by atoms with E-state index in [1.54, 1.807) is 17.8 Å². The van der Waals surface area contributed by atoms with E-state index in [2.05, 4.69) is 20.5 Å². The molecule has 7 heteroatoms. The van der Waals surface area contributed by atoms with Crippen molar-refractivity contribution in [1.29, 1.82) is 0 Å². The van der Waals surface area contributed by atoms with E-state index in [4.69, 9.17) is 16.1 Å². The number of hydrogen-bond donors (Lipinski definition) is 0. The van der Waals surface area contributed by atoms with Crippen molar-refractivity contribution in [3.63, 3.8) is 0 Å². The number of nitrogens with zero attached hydrogens (tertiary/aromatic N) is 5. The molecule has 2 rings (SSSR count). The first kappa shape index (κ1) is 11.1. The highest BCUT2D eigenvalue weighted by atomic mass is 35.5. The molecule has 0 aliphatic rings. The zero-order valence-electron chi connectivity index (χ0n) is 9.09. The molecule has 2 aromatic heterocycles. The lowest BCUT2D eigenvalue weighted by Crippen LogP contribution is -2.02. The van der Waals surface area contributed by atoms with Crippen LogP contribution >= 0.6 is 11.6 Å². The Hall–Kier alpha value is -1.43. The summed E-state index contributed by atoms with van der Waals surface area (Å²) >= 11 is 6.05. The zero-order chi connectivity index (χ0) is 11.5. The fraction of sp³-hybridized carbons (Fsp3) is 0.556. The second-order valence-corrected chi connectivity index (χ2v) is 3.97. The monoisotopic (exact) mass is 241 g/mol. The highest BCUT2D eigenvalue weighted by Crippen LogP contribution is 2.20. The first-order valence-electron chi connectivity index (χ1n) is 5.02. The van der Waals surface area contributed by atoms with Crippen LogP contribution in [0.2, 0.25) is 0 Å². The Morgan fingerprint density at radius 3 is 3.00 bits per heavy atom. The molecule has 0 N–H and O–H groups in total. The van der Waals surface area contributed by atoms with E-state index in [9.17, 15) is 0 Å². The number of rotatable bonds is 4. The van der Waals surface area contributed by atoms with Crippen LogP contribution in [-0.4, -0.2) is 25.1 Å². The Labute approximate surface area is 97.6 Å². The number of alkyl halides is 1. The lowest BCUT2D eigenvalue weighted by atomic mass is 10.3. The second kappa shape index (κ2) is 4.61. The lowest BCUT2D eigenvalue weighted by Gasteiger charge is -1.98. The van der Waals surface area contributed by atoms with Crippen molar-refractivity contribution < 1.29 is 4.52 Å². The topological polar surface area (TPSA) is 69.6 Å². The van der Waals surface area contributed by atoms with Gasteiger partial charge in [0.1, 0.15) is 12.2 Å². The maximum absolute atomic E-state index is 6.05. The number of aromatic nitrogens is 5.